The van der Waals surface area contributed by atoms with E-state index in [0.717, 1.165) is 0 Å². The Balaban J connectivity index is 2.48. The number of rotatable bonds is 6. The van der Waals surface area contributed by atoms with Gasteiger partial charge in [0.15, 0.2) is 5.82 Å². The summed E-state index contributed by atoms with van der Waals surface area (Å²) in [4.78, 5) is 4.07. The molecule has 1 atom stereocenters. The van der Waals surface area contributed by atoms with Crippen molar-refractivity contribution < 1.29 is 14.0 Å². The van der Waals surface area contributed by atoms with Crippen LogP contribution in [0.2, 0.25) is 0 Å². The Kier molecular flexibility index (Phi) is 4.51. The molecule has 80 valence electrons. The molecule has 0 aliphatic heterocycles. The molecule has 1 unspecified atom stereocenters. The normalized spacial score (nSPS) is 13.1. The molecule has 2 N–H and O–H groups in total. The lowest BCUT2D eigenvalue weighted by molar-refractivity contribution is 0.174. The van der Waals surface area contributed by atoms with Crippen molar-refractivity contribution in [1.82, 2.24) is 10.1 Å². The van der Waals surface area contributed by atoms with E-state index < -0.39 is 0 Å². The maximum absolute atomic E-state index is 5.77. The lowest BCUT2D eigenvalue weighted by atomic mass is 10.2. The first-order chi connectivity index (χ1) is 6.77. The van der Waals surface area contributed by atoms with E-state index >= 15 is 0 Å². The summed E-state index contributed by atoms with van der Waals surface area (Å²) >= 11 is 0. The van der Waals surface area contributed by atoms with Crippen LogP contribution in [-0.2, 0) is 16.1 Å². The van der Waals surface area contributed by atoms with E-state index in [1.807, 2.05) is 0 Å². The molecule has 0 aliphatic rings. The van der Waals surface area contributed by atoms with E-state index in [0.29, 0.717) is 31.3 Å². The number of methoxy groups -OCH3 is 2. The third-order valence-electron chi connectivity index (χ3n) is 1.71. The Morgan fingerprint density at radius 2 is 2.21 bits per heavy atom. The van der Waals surface area contributed by atoms with Gasteiger partial charge in [-0.1, -0.05) is 5.16 Å². The van der Waals surface area contributed by atoms with Gasteiger partial charge in [0.25, 0.3) is 0 Å². The highest BCUT2D eigenvalue weighted by molar-refractivity contribution is 4.90. The van der Waals surface area contributed by atoms with Gasteiger partial charge in [0, 0.05) is 20.8 Å². The Morgan fingerprint density at radius 1 is 1.43 bits per heavy atom. The molecule has 0 radical (unpaired) electrons. The summed E-state index contributed by atoms with van der Waals surface area (Å²) in [6.07, 6.45) is 0.658. The standard InChI is InChI=1S/C8H15N3O3/c1-12-4-3-6(9)8-10-7(5-13-2)11-14-8/h6H,3-5,9H2,1-2H3. The molecule has 1 rings (SSSR count). The number of nitrogens with two attached hydrogens (primary N) is 1. The van der Waals surface area contributed by atoms with Gasteiger partial charge in [-0.05, 0) is 6.42 Å². The number of hydrogen-bond acceptors (Lipinski definition) is 6. The van der Waals surface area contributed by atoms with Crippen LogP contribution in [0, 0.1) is 0 Å². The zero-order valence-electron chi connectivity index (χ0n) is 8.40. The van der Waals surface area contributed by atoms with Crippen LogP contribution >= 0.6 is 0 Å². The quantitative estimate of drug-likeness (QED) is 0.710. The number of ether oxygens (including phenoxy) is 2. The minimum absolute atomic E-state index is 0.270. The summed E-state index contributed by atoms with van der Waals surface area (Å²) in [6, 6.07) is -0.270. The molecule has 1 aromatic heterocycles. The summed E-state index contributed by atoms with van der Waals surface area (Å²) < 4.78 is 14.7. The first-order valence-electron chi connectivity index (χ1n) is 4.34. The third kappa shape index (κ3) is 3.06. The first kappa shape index (κ1) is 11.1. The van der Waals surface area contributed by atoms with Crippen molar-refractivity contribution >= 4 is 0 Å². The molecule has 6 heteroatoms. The van der Waals surface area contributed by atoms with Gasteiger partial charge in [0.1, 0.15) is 6.61 Å². The second kappa shape index (κ2) is 5.69. The largest absolute Gasteiger partial charge is 0.385 e. The van der Waals surface area contributed by atoms with Crippen molar-refractivity contribution in [3.8, 4) is 0 Å². The molecular formula is C8H15N3O3. The summed E-state index contributed by atoms with van der Waals surface area (Å²) in [5.41, 5.74) is 5.77. The zero-order chi connectivity index (χ0) is 10.4. The van der Waals surface area contributed by atoms with Crippen LogP contribution in [0.4, 0.5) is 0 Å². The smallest absolute Gasteiger partial charge is 0.243 e. The van der Waals surface area contributed by atoms with Crippen LogP contribution in [-0.4, -0.2) is 31.0 Å². The fraction of sp³-hybridized carbons (Fsp3) is 0.750. The van der Waals surface area contributed by atoms with Gasteiger partial charge < -0.3 is 19.7 Å². The Bertz CT molecular complexity index is 264. The van der Waals surface area contributed by atoms with Crippen molar-refractivity contribution in [3.63, 3.8) is 0 Å². The first-order valence-corrected chi connectivity index (χ1v) is 4.34. The van der Waals surface area contributed by atoms with Gasteiger partial charge in [-0.15, -0.1) is 0 Å². The maximum atomic E-state index is 5.77. The van der Waals surface area contributed by atoms with E-state index in [1.54, 1.807) is 14.2 Å². The van der Waals surface area contributed by atoms with E-state index in [4.69, 9.17) is 19.7 Å². The van der Waals surface area contributed by atoms with Crippen LogP contribution < -0.4 is 5.73 Å². The highest BCUT2D eigenvalue weighted by Crippen LogP contribution is 2.11. The average Bonchev–Trinajstić information content (AvgIpc) is 2.63. The highest BCUT2D eigenvalue weighted by Gasteiger charge is 2.13. The predicted octanol–water partition coefficient (Wildman–Crippen LogP) is 0.252. The van der Waals surface area contributed by atoms with Crippen molar-refractivity contribution in [2.24, 2.45) is 5.73 Å². The number of aromatic nitrogens is 2. The van der Waals surface area contributed by atoms with Crippen molar-refractivity contribution in [1.29, 1.82) is 0 Å². The molecule has 0 saturated carbocycles. The molecule has 0 amide bonds. The van der Waals surface area contributed by atoms with Gasteiger partial charge in [-0.25, -0.2) is 0 Å². The predicted molar refractivity (Wildman–Crippen MR) is 48.4 cm³/mol. The topological polar surface area (TPSA) is 83.4 Å². The van der Waals surface area contributed by atoms with Crippen LogP contribution in [0.1, 0.15) is 24.2 Å². The Labute approximate surface area is 82.4 Å². The second-order valence-corrected chi connectivity index (χ2v) is 2.87. The van der Waals surface area contributed by atoms with E-state index in [9.17, 15) is 0 Å². The van der Waals surface area contributed by atoms with Crippen molar-refractivity contribution in [2.45, 2.75) is 19.1 Å². The minimum Gasteiger partial charge on any atom is -0.385 e. The van der Waals surface area contributed by atoms with Crippen molar-refractivity contribution in [2.75, 3.05) is 20.8 Å². The van der Waals surface area contributed by atoms with Crippen LogP contribution in [0.25, 0.3) is 0 Å². The summed E-state index contributed by atoms with van der Waals surface area (Å²) in [6.45, 7) is 0.906. The molecule has 1 aromatic rings. The molecule has 0 aliphatic carbocycles. The monoisotopic (exact) mass is 201 g/mol. The molecular weight excluding hydrogens is 186 g/mol. The Morgan fingerprint density at radius 3 is 2.86 bits per heavy atom. The van der Waals surface area contributed by atoms with Crippen LogP contribution in [0.5, 0.6) is 0 Å². The number of nitrogens with zero attached hydrogens (tertiary/aromatic N) is 2. The summed E-state index contributed by atoms with van der Waals surface area (Å²) in [5.74, 6) is 0.935. The van der Waals surface area contributed by atoms with Gasteiger partial charge in [-0.2, -0.15) is 4.98 Å². The summed E-state index contributed by atoms with van der Waals surface area (Å²) in [7, 11) is 3.19. The zero-order valence-corrected chi connectivity index (χ0v) is 8.40. The molecule has 0 fully saturated rings. The van der Waals surface area contributed by atoms with Gasteiger partial charge in [0.05, 0.1) is 6.04 Å². The minimum atomic E-state index is -0.270. The lowest BCUT2D eigenvalue weighted by Gasteiger charge is -2.04. The number of hydrogen-bond donors (Lipinski definition) is 1. The maximum Gasteiger partial charge on any atom is 0.243 e. The SMILES string of the molecule is COCCC(N)c1nc(COC)no1. The fourth-order valence-electron chi connectivity index (χ4n) is 0.974. The van der Waals surface area contributed by atoms with E-state index in [1.165, 1.54) is 0 Å². The van der Waals surface area contributed by atoms with Crippen molar-refractivity contribution in [3.05, 3.63) is 11.7 Å². The molecule has 0 spiro atoms. The van der Waals surface area contributed by atoms with Gasteiger partial charge >= 0.3 is 0 Å². The lowest BCUT2D eigenvalue weighted by Crippen LogP contribution is -2.13. The average molecular weight is 201 g/mol. The molecule has 0 aromatic carbocycles. The molecule has 1 heterocycles. The van der Waals surface area contributed by atoms with E-state index in [2.05, 4.69) is 10.1 Å². The second-order valence-electron chi connectivity index (χ2n) is 2.87. The molecule has 0 saturated heterocycles. The molecule has 0 bridgehead atoms. The van der Waals surface area contributed by atoms with Crippen LogP contribution in [0.15, 0.2) is 4.52 Å². The molecule has 6 nitrogen and oxygen atoms in total. The van der Waals surface area contributed by atoms with Gasteiger partial charge in [0.2, 0.25) is 5.89 Å². The van der Waals surface area contributed by atoms with Crippen LogP contribution in [0.3, 0.4) is 0 Å². The fourth-order valence-corrected chi connectivity index (χ4v) is 0.974. The Hall–Kier alpha value is -0.980. The third-order valence-corrected chi connectivity index (χ3v) is 1.71. The highest BCUT2D eigenvalue weighted by atomic mass is 16.5. The van der Waals surface area contributed by atoms with E-state index in [-0.39, 0.29) is 6.04 Å². The summed E-state index contributed by atoms with van der Waals surface area (Å²) in [5, 5.41) is 3.70. The molecule has 14 heavy (non-hydrogen) atoms. The van der Waals surface area contributed by atoms with Gasteiger partial charge in [-0.3, -0.25) is 0 Å².